The number of carbonyl (C=O) groups excluding carboxylic acids is 1. The summed E-state index contributed by atoms with van der Waals surface area (Å²) >= 11 is 0. The minimum Gasteiger partial charge on any atom is -0.497 e. The lowest BCUT2D eigenvalue weighted by molar-refractivity contribution is 0.0746. The Morgan fingerprint density at radius 2 is 1.67 bits per heavy atom. The molecule has 0 spiro atoms. The summed E-state index contributed by atoms with van der Waals surface area (Å²) in [5.74, 6) is 0.788. The van der Waals surface area contributed by atoms with Gasteiger partial charge in [0.25, 0.3) is 5.91 Å². The maximum Gasteiger partial charge on any atom is 0.273 e. The molecule has 1 amide bonds. The number of rotatable bonds is 7. The Balaban J connectivity index is 1.56. The van der Waals surface area contributed by atoms with Crippen LogP contribution in [0.3, 0.4) is 0 Å². The van der Waals surface area contributed by atoms with Crippen molar-refractivity contribution >= 4 is 5.91 Å². The monoisotopic (exact) mass is 437 g/mol. The van der Waals surface area contributed by atoms with Gasteiger partial charge in [-0.25, -0.2) is 0 Å². The van der Waals surface area contributed by atoms with E-state index in [2.05, 4.69) is 53.5 Å². The van der Waals surface area contributed by atoms with E-state index in [0.717, 1.165) is 41.0 Å². The first kappa shape index (κ1) is 21.0. The van der Waals surface area contributed by atoms with E-state index < -0.39 is 0 Å². The predicted molar refractivity (Wildman–Crippen MR) is 129 cm³/mol. The average Bonchev–Trinajstić information content (AvgIpc) is 3.42. The Bertz CT molecular complexity index is 1240. The number of ether oxygens (including phenoxy) is 1. The molecule has 0 saturated carbocycles. The summed E-state index contributed by atoms with van der Waals surface area (Å²) in [6, 6.07) is 26.5. The SMILES string of the molecule is CCc1ccc([C@H]2c3c(-c4ccc(OC)cc4)n[nH]c3C(=O)N2CCc2ccccc2)cc1. The number of fused-ring (bicyclic) bond motifs is 1. The number of carbonyl (C=O) groups is 1. The van der Waals surface area contributed by atoms with Gasteiger partial charge < -0.3 is 9.64 Å². The van der Waals surface area contributed by atoms with Crippen LogP contribution >= 0.6 is 0 Å². The highest BCUT2D eigenvalue weighted by Crippen LogP contribution is 2.43. The second-order valence-electron chi connectivity index (χ2n) is 8.32. The van der Waals surface area contributed by atoms with E-state index >= 15 is 0 Å². The number of hydrogen-bond acceptors (Lipinski definition) is 3. The fourth-order valence-corrected chi connectivity index (χ4v) is 4.57. The highest BCUT2D eigenvalue weighted by atomic mass is 16.5. The maximum atomic E-state index is 13.5. The third kappa shape index (κ3) is 3.91. The standard InChI is InChI=1S/C28H27N3O2/c1-3-19-9-11-22(12-10-19)27-24-25(21-13-15-23(33-2)16-14-21)29-30-26(24)28(32)31(27)18-17-20-7-5-4-6-8-20/h4-16,27H,3,17-18H2,1-2H3,(H,29,30)/t27-/m0/s1. The molecule has 0 unspecified atom stereocenters. The number of nitrogens with one attached hydrogen (secondary N) is 1. The normalized spacial score (nSPS) is 15.0. The summed E-state index contributed by atoms with van der Waals surface area (Å²) in [5.41, 5.74) is 6.90. The summed E-state index contributed by atoms with van der Waals surface area (Å²) < 4.78 is 5.31. The molecule has 0 radical (unpaired) electrons. The smallest absolute Gasteiger partial charge is 0.273 e. The number of nitrogens with zero attached hydrogens (tertiary/aromatic N) is 2. The molecule has 1 aliphatic rings. The number of aryl methyl sites for hydroxylation is 1. The lowest BCUT2D eigenvalue weighted by Gasteiger charge is -2.26. The van der Waals surface area contributed by atoms with Crippen molar-refractivity contribution in [2.75, 3.05) is 13.7 Å². The molecule has 1 atom stereocenters. The molecular weight excluding hydrogens is 410 g/mol. The van der Waals surface area contributed by atoms with Crippen LogP contribution in [0.4, 0.5) is 0 Å². The van der Waals surface area contributed by atoms with E-state index in [0.29, 0.717) is 12.2 Å². The van der Waals surface area contributed by atoms with Gasteiger partial charge in [0.1, 0.15) is 11.4 Å². The van der Waals surface area contributed by atoms with E-state index in [9.17, 15) is 4.79 Å². The first-order chi connectivity index (χ1) is 16.2. The van der Waals surface area contributed by atoms with Gasteiger partial charge in [-0.1, -0.05) is 61.5 Å². The van der Waals surface area contributed by atoms with Gasteiger partial charge in [-0.15, -0.1) is 0 Å². The highest BCUT2D eigenvalue weighted by molar-refractivity contribution is 6.00. The van der Waals surface area contributed by atoms with Gasteiger partial charge in [-0.2, -0.15) is 5.10 Å². The van der Waals surface area contributed by atoms with E-state index in [1.807, 2.05) is 47.4 Å². The van der Waals surface area contributed by atoms with E-state index in [-0.39, 0.29) is 11.9 Å². The third-order valence-corrected chi connectivity index (χ3v) is 6.42. The predicted octanol–water partition coefficient (Wildman–Crippen LogP) is 5.44. The zero-order valence-electron chi connectivity index (χ0n) is 18.9. The van der Waals surface area contributed by atoms with Crippen molar-refractivity contribution in [3.8, 4) is 17.0 Å². The number of aromatic amines is 1. The topological polar surface area (TPSA) is 58.2 Å². The minimum atomic E-state index is -0.182. The Morgan fingerprint density at radius 1 is 0.939 bits per heavy atom. The molecule has 0 bridgehead atoms. The molecule has 0 saturated heterocycles. The van der Waals surface area contributed by atoms with Crippen molar-refractivity contribution in [1.29, 1.82) is 0 Å². The van der Waals surface area contributed by atoms with E-state index in [4.69, 9.17) is 4.74 Å². The molecule has 166 valence electrons. The molecule has 0 aliphatic carbocycles. The van der Waals surface area contributed by atoms with Crippen molar-refractivity contribution < 1.29 is 9.53 Å². The molecule has 0 fully saturated rings. The van der Waals surface area contributed by atoms with Gasteiger partial charge in [0, 0.05) is 17.7 Å². The molecular formula is C28H27N3O2. The molecule has 2 heterocycles. The molecule has 5 nitrogen and oxygen atoms in total. The average molecular weight is 438 g/mol. The quantitative estimate of drug-likeness (QED) is 0.419. The number of benzene rings is 3. The summed E-state index contributed by atoms with van der Waals surface area (Å²) in [5, 5.41) is 7.60. The molecule has 5 rings (SSSR count). The van der Waals surface area contributed by atoms with Crippen molar-refractivity contribution in [3.63, 3.8) is 0 Å². The summed E-state index contributed by atoms with van der Waals surface area (Å²) in [7, 11) is 1.65. The largest absolute Gasteiger partial charge is 0.497 e. The van der Waals surface area contributed by atoms with Gasteiger partial charge in [-0.3, -0.25) is 9.89 Å². The molecule has 1 aliphatic heterocycles. The first-order valence-corrected chi connectivity index (χ1v) is 11.4. The van der Waals surface area contributed by atoms with E-state index in [1.165, 1.54) is 11.1 Å². The van der Waals surface area contributed by atoms with Crippen LogP contribution in [-0.4, -0.2) is 34.7 Å². The summed E-state index contributed by atoms with van der Waals surface area (Å²) in [6.07, 6.45) is 1.78. The van der Waals surface area contributed by atoms with Gasteiger partial charge in [0.15, 0.2) is 0 Å². The number of aromatic nitrogens is 2. The second-order valence-corrected chi connectivity index (χ2v) is 8.32. The van der Waals surface area contributed by atoms with Crippen molar-refractivity contribution in [2.24, 2.45) is 0 Å². The van der Waals surface area contributed by atoms with Crippen LogP contribution < -0.4 is 4.74 Å². The molecule has 1 aromatic heterocycles. The van der Waals surface area contributed by atoms with Crippen LogP contribution in [0.1, 0.15) is 45.7 Å². The Kier molecular flexibility index (Phi) is 5.69. The first-order valence-electron chi connectivity index (χ1n) is 11.4. The third-order valence-electron chi connectivity index (χ3n) is 6.42. The Labute approximate surface area is 194 Å². The zero-order chi connectivity index (χ0) is 22.8. The number of amides is 1. The molecule has 4 aromatic rings. The summed E-state index contributed by atoms with van der Waals surface area (Å²) in [4.78, 5) is 15.5. The number of H-pyrrole nitrogens is 1. The highest BCUT2D eigenvalue weighted by Gasteiger charge is 2.41. The fourth-order valence-electron chi connectivity index (χ4n) is 4.57. The van der Waals surface area contributed by atoms with E-state index in [1.54, 1.807) is 7.11 Å². The zero-order valence-corrected chi connectivity index (χ0v) is 18.9. The van der Waals surface area contributed by atoms with Crippen LogP contribution in [0.5, 0.6) is 5.75 Å². The number of hydrogen-bond donors (Lipinski definition) is 1. The Hall–Kier alpha value is -3.86. The second kappa shape index (κ2) is 8.94. The van der Waals surface area contributed by atoms with Gasteiger partial charge >= 0.3 is 0 Å². The summed E-state index contributed by atoms with van der Waals surface area (Å²) in [6.45, 7) is 2.78. The van der Waals surface area contributed by atoms with Crippen molar-refractivity contribution in [2.45, 2.75) is 25.8 Å². The lowest BCUT2D eigenvalue weighted by Crippen LogP contribution is -2.31. The van der Waals surface area contributed by atoms with Crippen LogP contribution in [-0.2, 0) is 12.8 Å². The van der Waals surface area contributed by atoms with Crippen LogP contribution in [0.2, 0.25) is 0 Å². The van der Waals surface area contributed by atoms with Crippen LogP contribution in [0, 0.1) is 0 Å². The fraction of sp³-hybridized carbons (Fsp3) is 0.214. The van der Waals surface area contributed by atoms with Gasteiger partial charge in [-0.05, 0) is 53.8 Å². The van der Waals surface area contributed by atoms with Crippen LogP contribution in [0.15, 0.2) is 78.9 Å². The van der Waals surface area contributed by atoms with Crippen molar-refractivity contribution in [1.82, 2.24) is 15.1 Å². The van der Waals surface area contributed by atoms with Gasteiger partial charge in [0.05, 0.1) is 18.8 Å². The van der Waals surface area contributed by atoms with Crippen molar-refractivity contribution in [3.05, 3.63) is 107 Å². The maximum absolute atomic E-state index is 13.5. The van der Waals surface area contributed by atoms with Crippen LogP contribution in [0.25, 0.3) is 11.3 Å². The molecule has 33 heavy (non-hydrogen) atoms. The molecule has 1 N–H and O–H groups in total. The van der Waals surface area contributed by atoms with Gasteiger partial charge in [0.2, 0.25) is 0 Å². The Morgan fingerprint density at radius 3 is 2.33 bits per heavy atom. The molecule has 3 aromatic carbocycles. The minimum absolute atomic E-state index is 0.00207. The molecule has 5 heteroatoms. The number of methoxy groups -OCH3 is 1. The lowest BCUT2D eigenvalue weighted by atomic mass is 9.95.